The standard InChI is InChI=1S/C19H21NO3/c1-15(23-19(22)20-17-10-6-3-7-11-17)12-13-18(21)14-16-8-4-2-5-9-16/h2-11,15H,12-14H2,1H3,(H,20,22). The van der Waals surface area contributed by atoms with Crippen LogP contribution in [0.2, 0.25) is 0 Å². The minimum Gasteiger partial charge on any atom is -0.446 e. The molecular weight excluding hydrogens is 290 g/mol. The zero-order valence-electron chi connectivity index (χ0n) is 13.2. The number of hydrogen-bond acceptors (Lipinski definition) is 3. The minimum atomic E-state index is -0.501. The van der Waals surface area contributed by atoms with Crippen LogP contribution >= 0.6 is 0 Å². The first-order chi connectivity index (χ1) is 11.1. The van der Waals surface area contributed by atoms with Crippen molar-refractivity contribution in [3.63, 3.8) is 0 Å². The predicted octanol–water partition coefficient (Wildman–Crippen LogP) is 4.22. The van der Waals surface area contributed by atoms with Gasteiger partial charge in [-0.25, -0.2) is 4.79 Å². The van der Waals surface area contributed by atoms with E-state index in [-0.39, 0.29) is 11.9 Å². The summed E-state index contributed by atoms with van der Waals surface area (Å²) in [4.78, 5) is 23.7. The summed E-state index contributed by atoms with van der Waals surface area (Å²) >= 11 is 0. The molecule has 2 aromatic rings. The molecule has 0 fully saturated rings. The lowest BCUT2D eigenvalue weighted by atomic mass is 10.0. The van der Waals surface area contributed by atoms with Gasteiger partial charge in [-0.05, 0) is 31.0 Å². The van der Waals surface area contributed by atoms with Crippen LogP contribution in [0.1, 0.15) is 25.3 Å². The van der Waals surface area contributed by atoms with Crippen LogP contribution < -0.4 is 5.32 Å². The average molecular weight is 311 g/mol. The number of nitrogens with one attached hydrogen (secondary N) is 1. The van der Waals surface area contributed by atoms with Crippen molar-refractivity contribution in [3.05, 3.63) is 66.2 Å². The van der Waals surface area contributed by atoms with Gasteiger partial charge in [0.25, 0.3) is 0 Å². The highest BCUT2D eigenvalue weighted by Gasteiger charge is 2.12. The number of para-hydroxylation sites is 1. The molecule has 0 aromatic heterocycles. The molecule has 4 heteroatoms. The molecule has 1 unspecified atom stereocenters. The first kappa shape index (κ1) is 16.7. The maximum atomic E-state index is 11.9. The molecule has 0 aliphatic carbocycles. The Labute approximate surface area is 136 Å². The molecule has 4 nitrogen and oxygen atoms in total. The van der Waals surface area contributed by atoms with Crippen LogP contribution in [-0.4, -0.2) is 18.0 Å². The fraction of sp³-hybridized carbons (Fsp3) is 0.263. The molecule has 0 heterocycles. The summed E-state index contributed by atoms with van der Waals surface area (Å²) in [6, 6.07) is 18.8. The number of Topliss-reactive ketones (excluding diaryl/α,β-unsaturated/α-hetero) is 1. The van der Waals surface area contributed by atoms with Gasteiger partial charge in [0.1, 0.15) is 11.9 Å². The molecule has 120 valence electrons. The lowest BCUT2D eigenvalue weighted by molar-refractivity contribution is -0.118. The molecule has 1 amide bonds. The number of anilines is 1. The second-order valence-electron chi connectivity index (χ2n) is 5.45. The van der Waals surface area contributed by atoms with Crippen LogP contribution in [0.4, 0.5) is 10.5 Å². The number of carbonyl (C=O) groups excluding carboxylic acids is 2. The van der Waals surface area contributed by atoms with Crippen molar-refractivity contribution in [2.45, 2.75) is 32.3 Å². The van der Waals surface area contributed by atoms with Gasteiger partial charge in [-0.1, -0.05) is 48.5 Å². The van der Waals surface area contributed by atoms with Gasteiger partial charge in [-0.2, -0.15) is 0 Å². The van der Waals surface area contributed by atoms with Crippen molar-refractivity contribution < 1.29 is 14.3 Å². The number of hydrogen-bond donors (Lipinski definition) is 1. The van der Waals surface area contributed by atoms with Crippen molar-refractivity contribution in [3.8, 4) is 0 Å². The second-order valence-corrected chi connectivity index (χ2v) is 5.45. The summed E-state index contributed by atoms with van der Waals surface area (Å²) in [5.41, 5.74) is 1.69. The number of rotatable bonds is 7. The van der Waals surface area contributed by atoms with Crippen molar-refractivity contribution in [1.29, 1.82) is 0 Å². The van der Waals surface area contributed by atoms with E-state index in [1.807, 2.05) is 48.5 Å². The molecule has 2 rings (SSSR count). The van der Waals surface area contributed by atoms with E-state index < -0.39 is 6.09 Å². The van der Waals surface area contributed by atoms with Crippen LogP contribution in [0, 0.1) is 0 Å². The number of amides is 1. The first-order valence-corrected chi connectivity index (χ1v) is 7.72. The van der Waals surface area contributed by atoms with Gasteiger partial charge in [-0.15, -0.1) is 0 Å². The third-order valence-corrected chi connectivity index (χ3v) is 3.40. The van der Waals surface area contributed by atoms with Crippen molar-refractivity contribution in [2.75, 3.05) is 5.32 Å². The smallest absolute Gasteiger partial charge is 0.411 e. The maximum absolute atomic E-state index is 11.9. The topological polar surface area (TPSA) is 55.4 Å². The maximum Gasteiger partial charge on any atom is 0.411 e. The summed E-state index contributed by atoms with van der Waals surface area (Å²) < 4.78 is 5.25. The van der Waals surface area contributed by atoms with E-state index in [0.717, 1.165) is 5.56 Å². The van der Waals surface area contributed by atoms with Crippen LogP contribution in [-0.2, 0) is 16.0 Å². The normalized spacial score (nSPS) is 11.5. The molecule has 0 saturated carbocycles. The lowest BCUT2D eigenvalue weighted by Gasteiger charge is -2.13. The Hall–Kier alpha value is -2.62. The van der Waals surface area contributed by atoms with Crippen LogP contribution in [0.25, 0.3) is 0 Å². The molecule has 23 heavy (non-hydrogen) atoms. The van der Waals surface area contributed by atoms with Crippen molar-refractivity contribution >= 4 is 17.6 Å². The molecule has 0 bridgehead atoms. The number of ether oxygens (including phenoxy) is 1. The van der Waals surface area contributed by atoms with Gasteiger partial charge in [0.05, 0.1) is 0 Å². The predicted molar refractivity (Wildman–Crippen MR) is 90.4 cm³/mol. The Morgan fingerprint density at radius 1 is 1.00 bits per heavy atom. The fourth-order valence-electron chi connectivity index (χ4n) is 2.19. The molecule has 2 aromatic carbocycles. The minimum absolute atomic E-state index is 0.148. The quantitative estimate of drug-likeness (QED) is 0.833. The summed E-state index contributed by atoms with van der Waals surface area (Å²) in [6.45, 7) is 1.79. The SMILES string of the molecule is CC(CCC(=O)Cc1ccccc1)OC(=O)Nc1ccccc1. The van der Waals surface area contributed by atoms with Crippen LogP contribution in [0.5, 0.6) is 0 Å². The Balaban J connectivity index is 1.69. The average Bonchev–Trinajstić information content (AvgIpc) is 2.55. The highest BCUT2D eigenvalue weighted by molar-refractivity contribution is 5.84. The first-order valence-electron chi connectivity index (χ1n) is 7.72. The highest BCUT2D eigenvalue weighted by atomic mass is 16.6. The molecule has 0 aliphatic rings. The summed E-state index contributed by atoms with van der Waals surface area (Å²) in [5, 5.41) is 2.65. The van der Waals surface area contributed by atoms with E-state index in [9.17, 15) is 9.59 Å². The monoisotopic (exact) mass is 311 g/mol. The zero-order valence-corrected chi connectivity index (χ0v) is 13.2. The van der Waals surface area contributed by atoms with E-state index in [2.05, 4.69) is 5.32 Å². The molecule has 0 radical (unpaired) electrons. The lowest BCUT2D eigenvalue weighted by Crippen LogP contribution is -2.21. The highest BCUT2D eigenvalue weighted by Crippen LogP contribution is 2.10. The third-order valence-electron chi connectivity index (χ3n) is 3.40. The fourth-order valence-corrected chi connectivity index (χ4v) is 2.19. The van der Waals surface area contributed by atoms with E-state index in [1.165, 1.54) is 0 Å². The van der Waals surface area contributed by atoms with Gasteiger partial charge < -0.3 is 4.74 Å². The second kappa shape index (κ2) is 8.73. The van der Waals surface area contributed by atoms with Gasteiger partial charge in [0.15, 0.2) is 0 Å². The van der Waals surface area contributed by atoms with Crippen LogP contribution in [0.15, 0.2) is 60.7 Å². The van der Waals surface area contributed by atoms with Crippen molar-refractivity contribution in [1.82, 2.24) is 0 Å². The molecule has 0 spiro atoms. The van der Waals surface area contributed by atoms with E-state index in [1.54, 1.807) is 19.1 Å². The molecule has 0 aliphatic heterocycles. The van der Waals surface area contributed by atoms with Crippen molar-refractivity contribution in [2.24, 2.45) is 0 Å². The van der Waals surface area contributed by atoms with E-state index in [4.69, 9.17) is 4.74 Å². The summed E-state index contributed by atoms with van der Waals surface area (Å²) in [6.07, 6.45) is 0.532. The van der Waals surface area contributed by atoms with E-state index in [0.29, 0.717) is 24.9 Å². The Morgan fingerprint density at radius 2 is 1.61 bits per heavy atom. The number of ketones is 1. The van der Waals surface area contributed by atoms with E-state index >= 15 is 0 Å². The molecule has 1 N–H and O–H groups in total. The number of carbonyl (C=O) groups is 2. The van der Waals surface area contributed by atoms with Gasteiger partial charge >= 0.3 is 6.09 Å². The van der Waals surface area contributed by atoms with Gasteiger partial charge in [-0.3, -0.25) is 10.1 Å². The van der Waals surface area contributed by atoms with Gasteiger partial charge in [0.2, 0.25) is 0 Å². The zero-order chi connectivity index (χ0) is 16.5. The molecule has 1 atom stereocenters. The summed E-state index contributed by atoms with van der Waals surface area (Å²) in [7, 11) is 0. The molecular formula is C19H21NO3. The Kier molecular flexibility index (Phi) is 6.36. The largest absolute Gasteiger partial charge is 0.446 e. The third kappa shape index (κ3) is 6.34. The van der Waals surface area contributed by atoms with Gasteiger partial charge in [0, 0.05) is 18.5 Å². The Bertz CT molecular complexity index is 626. The molecule has 0 saturated heterocycles. The number of benzene rings is 2. The Morgan fingerprint density at radius 3 is 2.26 bits per heavy atom. The summed E-state index contributed by atoms with van der Waals surface area (Å²) in [5.74, 6) is 0.148. The van der Waals surface area contributed by atoms with Crippen LogP contribution in [0.3, 0.4) is 0 Å².